The summed E-state index contributed by atoms with van der Waals surface area (Å²) >= 11 is 0. The van der Waals surface area contributed by atoms with Gasteiger partial charge in [0.2, 0.25) is 5.82 Å². The van der Waals surface area contributed by atoms with Crippen LogP contribution in [0.1, 0.15) is 0 Å². The first-order valence-electron chi connectivity index (χ1n) is 5.22. The molecular weight excluding hydrogens is 270 g/mol. The highest BCUT2D eigenvalue weighted by Gasteiger charge is 2.16. The Morgan fingerprint density at radius 1 is 1.37 bits per heavy atom. The fourth-order valence-electron chi connectivity index (χ4n) is 1.58. The molecule has 0 atom stereocenters. The summed E-state index contributed by atoms with van der Waals surface area (Å²) < 4.78 is 29.4. The molecule has 2 N–H and O–H groups in total. The van der Waals surface area contributed by atoms with Crippen LogP contribution in [0.3, 0.4) is 0 Å². The highest BCUT2D eigenvalue weighted by atomic mass is 32.2. The van der Waals surface area contributed by atoms with Crippen LogP contribution in [0.2, 0.25) is 0 Å². The Kier molecular flexibility index (Phi) is 2.32. The van der Waals surface area contributed by atoms with Crippen LogP contribution in [0.5, 0.6) is 0 Å². The molecule has 0 aliphatic rings. The van der Waals surface area contributed by atoms with Gasteiger partial charge in [-0.3, -0.25) is 0 Å². The van der Waals surface area contributed by atoms with E-state index in [9.17, 15) is 8.42 Å². The maximum atomic E-state index is 11.5. The number of hydrogen-bond acceptors (Lipinski definition) is 7. The molecule has 3 aromatic rings. The van der Waals surface area contributed by atoms with Crippen molar-refractivity contribution < 1.29 is 12.8 Å². The molecule has 0 aromatic carbocycles. The normalized spacial score (nSPS) is 12.1. The second kappa shape index (κ2) is 3.79. The quantitative estimate of drug-likeness (QED) is 0.720. The van der Waals surface area contributed by atoms with Crippen molar-refractivity contribution in [2.45, 2.75) is 5.03 Å². The lowest BCUT2D eigenvalue weighted by Crippen LogP contribution is -2.07. The van der Waals surface area contributed by atoms with E-state index in [2.05, 4.69) is 15.1 Å². The predicted octanol–water partition coefficient (Wildman–Crippen LogP) is 0.370. The summed E-state index contributed by atoms with van der Waals surface area (Å²) in [6.45, 7) is 0. The SMILES string of the molecule is CS(=O)(=O)c1cn2nc(-c3ccco3)nc2c(N)n1. The van der Waals surface area contributed by atoms with Gasteiger partial charge in [0.05, 0.1) is 12.5 Å². The van der Waals surface area contributed by atoms with E-state index in [0.717, 1.165) is 6.26 Å². The second-order valence-corrected chi connectivity index (χ2v) is 5.88. The van der Waals surface area contributed by atoms with E-state index in [1.165, 1.54) is 17.0 Å². The Balaban J connectivity index is 2.26. The number of sulfone groups is 1. The van der Waals surface area contributed by atoms with Crippen molar-refractivity contribution >= 4 is 21.3 Å². The van der Waals surface area contributed by atoms with Gasteiger partial charge in [0.15, 0.2) is 32.1 Å². The number of fused-ring (bicyclic) bond motifs is 1. The summed E-state index contributed by atoms with van der Waals surface area (Å²) in [6, 6.07) is 3.39. The lowest BCUT2D eigenvalue weighted by atomic mass is 10.4. The van der Waals surface area contributed by atoms with Crippen molar-refractivity contribution in [2.24, 2.45) is 0 Å². The van der Waals surface area contributed by atoms with Gasteiger partial charge in [-0.05, 0) is 12.1 Å². The van der Waals surface area contributed by atoms with Crippen molar-refractivity contribution in [2.75, 3.05) is 12.0 Å². The molecule has 0 bridgehead atoms. The van der Waals surface area contributed by atoms with Crippen LogP contribution in [0, 0.1) is 0 Å². The monoisotopic (exact) mass is 279 g/mol. The van der Waals surface area contributed by atoms with Crippen molar-refractivity contribution in [1.82, 2.24) is 19.6 Å². The number of nitrogens with zero attached hydrogens (tertiary/aromatic N) is 4. The zero-order chi connectivity index (χ0) is 13.6. The fraction of sp³-hybridized carbons (Fsp3) is 0.100. The lowest BCUT2D eigenvalue weighted by molar-refractivity contribution is 0.577. The Bertz CT molecular complexity index is 851. The Labute approximate surface area is 107 Å². The second-order valence-electron chi connectivity index (χ2n) is 3.92. The van der Waals surface area contributed by atoms with E-state index < -0.39 is 9.84 Å². The van der Waals surface area contributed by atoms with Crippen LogP contribution in [0.25, 0.3) is 17.2 Å². The van der Waals surface area contributed by atoms with Gasteiger partial charge in [-0.15, -0.1) is 5.10 Å². The average Bonchev–Trinajstić information content (AvgIpc) is 2.95. The molecule has 0 radical (unpaired) electrons. The molecule has 0 unspecified atom stereocenters. The van der Waals surface area contributed by atoms with Gasteiger partial charge in [0, 0.05) is 6.26 Å². The van der Waals surface area contributed by atoms with Crippen molar-refractivity contribution in [3.8, 4) is 11.6 Å². The number of nitrogen functional groups attached to an aromatic ring is 1. The van der Waals surface area contributed by atoms with Gasteiger partial charge in [-0.2, -0.15) is 0 Å². The summed E-state index contributed by atoms with van der Waals surface area (Å²) in [4.78, 5) is 7.96. The fourth-order valence-corrected chi connectivity index (χ4v) is 2.13. The maximum Gasteiger partial charge on any atom is 0.218 e. The Hall–Kier alpha value is -2.42. The minimum absolute atomic E-state index is 0.00627. The van der Waals surface area contributed by atoms with Crippen molar-refractivity contribution in [3.05, 3.63) is 24.6 Å². The third kappa shape index (κ3) is 1.93. The molecule has 9 heteroatoms. The molecule has 0 saturated carbocycles. The number of anilines is 1. The first kappa shape index (κ1) is 11.7. The van der Waals surface area contributed by atoms with Crippen LogP contribution in [0.4, 0.5) is 5.82 Å². The van der Waals surface area contributed by atoms with Crippen molar-refractivity contribution in [3.63, 3.8) is 0 Å². The molecule has 0 fully saturated rings. The Morgan fingerprint density at radius 3 is 2.79 bits per heavy atom. The standard InChI is InChI=1S/C10H9N5O3S/c1-19(16,17)7-5-15-10(8(11)12-7)13-9(14-15)6-3-2-4-18-6/h2-5H,1H3,(H2,11,12). The number of aromatic nitrogens is 4. The van der Waals surface area contributed by atoms with Crippen LogP contribution in [-0.4, -0.2) is 34.3 Å². The molecule has 0 spiro atoms. The van der Waals surface area contributed by atoms with Crippen molar-refractivity contribution in [1.29, 1.82) is 0 Å². The highest BCUT2D eigenvalue weighted by molar-refractivity contribution is 7.90. The molecule has 98 valence electrons. The van der Waals surface area contributed by atoms with Gasteiger partial charge in [-0.25, -0.2) is 22.9 Å². The molecule has 0 aliphatic carbocycles. The molecule has 0 aliphatic heterocycles. The van der Waals surface area contributed by atoms with Gasteiger partial charge in [0.1, 0.15) is 0 Å². The number of hydrogen-bond donors (Lipinski definition) is 1. The third-order valence-electron chi connectivity index (χ3n) is 2.45. The zero-order valence-electron chi connectivity index (χ0n) is 9.81. The molecule has 0 amide bonds. The minimum atomic E-state index is -3.46. The number of nitrogens with two attached hydrogens (primary N) is 1. The lowest BCUT2D eigenvalue weighted by Gasteiger charge is -2.00. The first-order valence-corrected chi connectivity index (χ1v) is 7.11. The molecule has 0 saturated heterocycles. The van der Waals surface area contributed by atoms with Crippen LogP contribution < -0.4 is 5.73 Å². The third-order valence-corrected chi connectivity index (χ3v) is 3.40. The van der Waals surface area contributed by atoms with E-state index in [0.29, 0.717) is 11.6 Å². The smallest absolute Gasteiger partial charge is 0.218 e. The molecule has 3 heterocycles. The van der Waals surface area contributed by atoms with Gasteiger partial charge >= 0.3 is 0 Å². The average molecular weight is 279 g/mol. The zero-order valence-corrected chi connectivity index (χ0v) is 10.6. The first-order chi connectivity index (χ1) is 8.95. The number of rotatable bonds is 2. The maximum absolute atomic E-state index is 11.5. The molecule has 8 nitrogen and oxygen atoms in total. The van der Waals surface area contributed by atoms with Crippen LogP contribution >= 0.6 is 0 Å². The van der Waals surface area contributed by atoms with E-state index in [1.54, 1.807) is 12.1 Å². The summed E-state index contributed by atoms with van der Waals surface area (Å²) in [7, 11) is -3.46. The molecular formula is C10H9N5O3S. The summed E-state index contributed by atoms with van der Waals surface area (Å²) in [5.41, 5.74) is 5.97. The van der Waals surface area contributed by atoms with Gasteiger partial charge < -0.3 is 10.2 Å². The summed E-state index contributed by atoms with van der Waals surface area (Å²) in [5.74, 6) is 0.765. The molecule has 3 rings (SSSR count). The predicted molar refractivity (Wildman–Crippen MR) is 66.0 cm³/mol. The van der Waals surface area contributed by atoms with Crippen LogP contribution in [-0.2, 0) is 9.84 Å². The van der Waals surface area contributed by atoms with E-state index in [-0.39, 0.29) is 16.5 Å². The van der Waals surface area contributed by atoms with Crippen LogP contribution in [0.15, 0.2) is 34.0 Å². The minimum Gasteiger partial charge on any atom is -0.461 e. The number of furan rings is 1. The summed E-state index contributed by atoms with van der Waals surface area (Å²) in [6.07, 6.45) is 3.80. The molecule has 3 aromatic heterocycles. The molecule has 19 heavy (non-hydrogen) atoms. The topological polar surface area (TPSA) is 116 Å². The van der Waals surface area contributed by atoms with Gasteiger partial charge in [0.25, 0.3) is 0 Å². The van der Waals surface area contributed by atoms with E-state index >= 15 is 0 Å². The van der Waals surface area contributed by atoms with Gasteiger partial charge in [-0.1, -0.05) is 0 Å². The van der Waals surface area contributed by atoms with E-state index in [1.807, 2.05) is 0 Å². The summed E-state index contributed by atoms with van der Waals surface area (Å²) in [5, 5.41) is 3.96. The van der Waals surface area contributed by atoms with E-state index in [4.69, 9.17) is 10.2 Å². The Morgan fingerprint density at radius 2 is 2.16 bits per heavy atom. The largest absolute Gasteiger partial charge is 0.461 e. The highest BCUT2D eigenvalue weighted by Crippen LogP contribution is 2.19.